The van der Waals surface area contributed by atoms with Gasteiger partial charge in [0.25, 0.3) is 5.91 Å². The highest BCUT2D eigenvalue weighted by Gasteiger charge is 2.30. The maximum atomic E-state index is 13.1. The quantitative estimate of drug-likeness (QED) is 0.738. The summed E-state index contributed by atoms with van der Waals surface area (Å²) >= 11 is 7.51. The number of nitrogens with one attached hydrogen (secondary N) is 1. The Bertz CT molecular complexity index is 947. The van der Waals surface area contributed by atoms with Crippen LogP contribution in [0, 0.1) is 6.92 Å². The zero-order valence-electron chi connectivity index (χ0n) is 14.8. The van der Waals surface area contributed by atoms with Gasteiger partial charge in [0.2, 0.25) is 0 Å². The molecule has 26 heavy (non-hydrogen) atoms. The molecule has 1 saturated heterocycles. The van der Waals surface area contributed by atoms with Crippen LogP contribution in [0.15, 0.2) is 30.3 Å². The fourth-order valence-corrected chi connectivity index (χ4v) is 4.87. The smallest absolute Gasteiger partial charge is 0.264 e. The largest absolute Gasteiger partial charge is 0.334 e. The molecule has 7 heteroatoms. The second-order valence-electron chi connectivity index (χ2n) is 6.66. The first-order valence-corrected chi connectivity index (χ1v) is 9.98. The molecule has 1 aliphatic heterocycles. The van der Waals surface area contributed by atoms with E-state index in [0.29, 0.717) is 5.02 Å². The summed E-state index contributed by atoms with van der Waals surface area (Å²) < 4.78 is 1.90. The lowest BCUT2D eigenvalue weighted by Gasteiger charge is -2.23. The highest BCUT2D eigenvalue weighted by atomic mass is 35.5. The van der Waals surface area contributed by atoms with Crippen molar-refractivity contribution >= 4 is 39.1 Å². The number of fused-ring (bicyclic) bond motifs is 1. The van der Waals surface area contributed by atoms with Crippen LogP contribution in [0.2, 0.25) is 5.02 Å². The van der Waals surface area contributed by atoms with Gasteiger partial charge in [-0.05, 0) is 57.1 Å². The van der Waals surface area contributed by atoms with Crippen LogP contribution in [0.3, 0.4) is 0 Å². The summed E-state index contributed by atoms with van der Waals surface area (Å²) in [6, 6.07) is 9.87. The third-order valence-electron chi connectivity index (χ3n) is 4.90. The van der Waals surface area contributed by atoms with Crippen molar-refractivity contribution in [2.45, 2.75) is 25.8 Å². The third kappa shape index (κ3) is 3.02. The van der Waals surface area contributed by atoms with Crippen molar-refractivity contribution < 1.29 is 4.79 Å². The minimum Gasteiger partial charge on any atom is -0.334 e. The lowest BCUT2D eigenvalue weighted by Crippen LogP contribution is -2.40. The maximum Gasteiger partial charge on any atom is 0.264 e. The number of thiophene rings is 1. The van der Waals surface area contributed by atoms with Gasteiger partial charge in [-0.25, -0.2) is 4.68 Å². The second kappa shape index (κ2) is 7.02. The van der Waals surface area contributed by atoms with Crippen LogP contribution >= 0.6 is 22.9 Å². The lowest BCUT2D eigenvalue weighted by molar-refractivity contribution is 0.0742. The van der Waals surface area contributed by atoms with Crippen LogP contribution in [-0.2, 0) is 0 Å². The van der Waals surface area contributed by atoms with Gasteiger partial charge < -0.3 is 10.2 Å². The summed E-state index contributed by atoms with van der Waals surface area (Å²) in [4.78, 5) is 16.9. The van der Waals surface area contributed by atoms with Crippen molar-refractivity contribution in [2.24, 2.45) is 0 Å². The number of hydrogen-bond donors (Lipinski definition) is 1. The number of benzene rings is 1. The summed E-state index contributed by atoms with van der Waals surface area (Å²) in [6.45, 7) is 3.66. The van der Waals surface area contributed by atoms with Crippen molar-refractivity contribution in [3.05, 3.63) is 45.9 Å². The fraction of sp³-hybridized carbons (Fsp3) is 0.368. The Hall–Kier alpha value is -1.89. The Balaban J connectivity index is 1.71. The summed E-state index contributed by atoms with van der Waals surface area (Å²) in [5.41, 5.74) is 1.88. The molecule has 1 aliphatic rings. The monoisotopic (exact) mass is 388 g/mol. The molecule has 1 fully saturated rings. The Morgan fingerprint density at radius 1 is 1.38 bits per heavy atom. The summed E-state index contributed by atoms with van der Waals surface area (Å²) in [6.07, 6.45) is 2.13. The van der Waals surface area contributed by atoms with Crippen LogP contribution in [0.25, 0.3) is 15.9 Å². The van der Waals surface area contributed by atoms with Gasteiger partial charge in [-0.3, -0.25) is 4.79 Å². The van der Waals surface area contributed by atoms with Crippen LogP contribution in [0.5, 0.6) is 0 Å². The molecule has 0 bridgehead atoms. The Labute approximate surface area is 161 Å². The van der Waals surface area contributed by atoms with Gasteiger partial charge in [0.1, 0.15) is 4.83 Å². The minimum absolute atomic E-state index is 0.131. The predicted octanol–water partition coefficient (Wildman–Crippen LogP) is 3.87. The van der Waals surface area contributed by atoms with Crippen molar-refractivity contribution in [1.82, 2.24) is 20.0 Å². The molecule has 1 unspecified atom stereocenters. The zero-order chi connectivity index (χ0) is 18.3. The Kier molecular flexibility index (Phi) is 4.73. The highest BCUT2D eigenvalue weighted by molar-refractivity contribution is 7.20. The number of carbonyl (C=O) groups excluding carboxylic acids is 1. The number of likely N-dealkylation sites (N-methyl/N-ethyl adjacent to an activating group) is 1. The number of aryl methyl sites for hydroxylation is 1. The number of nitrogens with zero attached hydrogens (tertiary/aromatic N) is 3. The van der Waals surface area contributed by atoms with Gasteiger partial charge in [-0.15, -0.1) is 11.3 Å². The number of halogens is 1. The summed E-state index contributed by atoms with van der Waals surface area (Å²) in [5.74, 6) is 0.131. The van der Waals surface area contributed by atoms with Crippen molar-refractivity contribution in [3.8, 4) is 5.69 Å². The molecule has 1 atom stereocenters. The van der Waals surface area contributed by atoms with E-state index in [1.54, 1.807) is 0 Å². The van der Waals surface area contributed by atoms with Crippen LogP contribution in [0.1, 0.15) is 28.2 Å². The zero-order valence-corrected chi connectivity index (χ0v) is 16.4. The molecule has 136 valence electrons. The number of carbonyl (C=O) groups is 1. The van der Waals surface area contributed by atoms with Crippen molar-refractivity contribution in [2.75, 3.05) is 20.1 Å². The van der Waals surface area contributed by atoms with E-state index < -0.39 is 0 Å². The highest BCUT2D eigenvalue weighted by Crippen LogP contribution is 2.32. The second-order valence-corrected chi connectivity index (χ2v) is 8.12. The van der Waals surface area contributed by atoms with Gasteiger partial charge in [-0.1, -0.05) is 11.6 Å². The van der Waals surface area contributed by atoms with E-state index in [0.717, 1.165) is 52.4 Å². The molecule has 0 aliphatic carbocycles. The van der Waals surface area contributed by atoms with Gasteiger partial charge in [0.05, 0.1) is 16.3 Å². The normalized spacial score (nSPS) is 17.3. The number of aromatic nitrogens is 2. The number of likely N-dealkylation sites (tertiary alicyclic amines) is 1. The summed E-state index contributed by atoms with van der Waals surface area (Å²) in [7, 11) is 1.93. The predicted molar refractivity (Wildman–Crippen MR) is 107 cm³/mol. The SMILES string of the molecule is CNCC1CCCN1C(=O)c1cc2c(C)nn(-c3ccc(Cl)cc3)c2s1. The minimum atomic E-state index is 0.131. The molecule has 3 heterocycles. The first-order valence-electron chi connectivity index (χ1n) is 8.79. The van der Waals surface area contributed by atoms with E-state index in [4.69, 9.17) is 11.6 Å². The standard InChI is InChI=1S/C19H21ClN4OS/c1-12-16-10-17(18(25)23-9-3-4-15(23)11-21-2)26-19(16)24(22-12)14-7-5-13(20)6-8-14/h5-8,10,15,21H,3-4,9,11H2,1-2H3. The maximum absolute atomic E-state index is 13.1. The summed E-state index contributed by atoms with van der Waals surface area (Å²) in [5, 5.41) is 9.57. The molecule has 1 amide bonds. The van der Waals surface area contributed by atoms with Gasteiger partial charge >= 0.3 is 0 Å². The molecule has 0 saturated carbocycles. The Morgan fingerprint density at radius 3 is 2.88 bits per heavy atom. The topological polar surface area (TPSA) is 50.2 Å². The average Bonchev–Trinajstić information content (AvgIpc) is 3.33. The molecular formula is C19H21ClN4OS. The van der Waals surface area contributed by atoms with Crippen LogP contribution in [0.4, 0.5) is 0 Å². The van der Waals surface area contributed by atoms with E-state index in [1.165, 1.54) is 11.3 Å². The lowest BCUT2D eigenvalue weighted by atomic mass is 10.2. The fourth-order valence-electron chi connectivity index (χ4n) is 3.60. The van der Waals surface area contributed by atoms with Crippen LogP contribution in [-0.4, -0.2) is 46.8 Å². The first-order chi connectivity index (χ1) is 12.6. The van der Waals surface area contributed by atoms with Gasteiger partial charge in [0.15, 0.2) is 0 Å². The van der Waals surface area contributed by atoms with E-state index >= 15 is 0 Å². The van der Waals surface area contributed by atoms with E-state index in [1.807, 2.05) is 53.9 Å². The molecule has 1 aromatic carbocycles. The average molecular weight is 389 g/mol. The third-order valence-corrected chi connectivity index (χ3v) is 6.25. The number of rotatable bonds is 4. The van der Waals surface area contributed by atoms with Crippen molar-refractivity contribution in [3.63, 3.8) is 0 Å². The molecule has 2 aromatic heterocycles. The molecule has 5 nitrogen and oxygen atoms in total. The molecule has 0 spiro atoms. The van der Waals surface area contributed by atoms with Gasteiger partial charge in [0, 0.05) is 29.5 Å². The molecule has 3 aromatic rings. The molecule has 4 rings (SSSR count). The van der Waals surface area contributed by atoms with Crippen molar-refractivity contribution in [1.29, 1.82) is 0 Å². The molecule has 1 N–H and O–H groups in total. The van der Waals surface area contributed by atoms with E-state index in [9.17, 15) is 4.79 Å². The Morgan fingerprint density at radius 2 is 2.15 bits per heavy atom. The van der Waals surface area contributed by atoms with Gasteiger partial charge in [-0.2, -0.15) is 5.10 Å². The molecular weight excluding hydrogens is 368 g/mol. The first kappa shape index (κ1) is 17.5. The number of amides is 1. The van der Waals surface area contributed by atoms with E-state index in [-0.39, 0.29) is 11.9 Å². The molecule has 0 radical (unpaired) electrons. The van der Waals surface area contributed by atoms with E-state index in [2.05, 4.69) is 10.4 Å². The van der Waals surface area contributed by atoms with Crippen LogP contribution < -0.4 is 5.32 Å². The number of hydrogen-bond acceptors (Lipinski definition) is 4.